The van der Waals surface area contributed by atoms with Crippen molar-refractivity contribution >= 4 is 11.8 Å². The topological polar surface area (TPSA) is 39.7 Å². The molecule has 1 heterocycles. The van der Waals surface area contributed by atoms with E-state index in [1.54, 1.807) is 21.3 Å². The number of ether oxygens (including phenoxy) is 3. The average Bonchev–Trinajstić information content (AvgIpc) is 2.97. The number of rotatable bonds is 6. The van der Waals surface area contributed by atoms with E-state index in [9.17, 15) is 0 Å². The fourth-order valence-corrected chi connectivity index (χ4v) is 3.38. The number of nitrogens with one attached hydrogen (secondary N) is 1. The zero-order valence-electron chi connectivity index (χ0n) is 11.7. The molecule has 1 aliphatic heterocycles. The van der Waals surface area contributed by atoms with Crippen molar-refractivity contribution in [2.24, 2.45) is 0 Å². The van der Waals surface area contributed by atoms with Gasteiger partial charge in [-0.25, -0.2) is 0 Å². The minimum atomic E-state index is 0.585. The van der Waals surface area contributed by atoms with Gasteiger partial charge < -0.3 is 19.5 Å². The average molecular weight is 283 g/mol. The Balaban J connectivity index is 2.16. The molecule has 1 fully saturated rings. The molecule has 0 saturated carbocycles. The predicted molar refractivity (Wildman–Crippen MR) is 78.7 cm³/mol. The molecule has 0 aromatic heterocycles. The van der Waals surface area contributed by atoms with E-state index in [2.05, 4.69) is 5.32 Å². The smallest absolute Gasteiger partial charge is 0.130 e. The van der Waals surface area contributed by atoms with Crippen LogP contribution in [0.3, 0.4) is 0 Å². The minimum absolute atomic E-state index is 0.585. The van der Waals surface area contributed by atoms with Gasteiger partial charge in [-0.05, 0) is 12.2 Å². The lowest BCUT2D eigenvalue weighted by Crippen LogP contribution is -2.28. The SMILES string of the molecule is COc1cc(OC)c(CNC2CCSC2)c(OC)c1. The van der Waals surface area contributed by atoms with Crippen molar-refractivity contribution in [2.75, 3.05) is 32.8 Å². The zero-order chi connectivity index (χ0) is 13.7. The number of methoxy groups -OCH3 is 3. The molecule has 1 aromatic carbocycles. The van der Waals surface area contributed by atoms with Crippen LogP contribution in [0.4, 0.5) is 0 Å². The second kappa shape index (κ2) is 6.91. The van der Waals surface area contributed by atoms with Gasteiger partial charge in [0, 0.05) is 30.5 Å². The molecule has 0 radical (unpaired) electrons. The molecular weight excluding hydrogens is 262 g/mol. The molecular formula is C14H21NO3S. The van der Waals surface area contributed by atoms with Gasteiger partial charge in [-0.1, -0.05) is 0 Å². The van der Waals surface area contributed by atoms with Crippen LogP contribution in [0.15, 0.2) is 12.1 Å². The van der Waals surface area contributed by atoms with Crippen molar-refractivity contribution < 1.29 is 14.2 Å². The third kappa shape index (κ3) is 3.48. The number of hydrogen-bond acceptors (Lipinski definition) is 5. The molecule has 4 nitrogen and oxygen atoms in total. The molecule has 1 aromatic rings. The Morgan fingerprint density at radius 3 is 2.32 bits per heavy atom. The summed E-state index contributed by atoms with van der Waals surface area (Å²) >= 11 is 2.00. The van der Waals surface area contributed by atoms with Gasteiger partial charge in [-0.3, -0.25) is 0 Å². The molecule has 106 valence electrons. The third-order valence-corrected chi connectivity index (χ3v) is 4.48. The normalized spacial score (nSPS) is 18.4. The first-order valence-electron chi connectivity index (χ1n) is 6.38. The summed E-state index contributed by atoms with van der Waals surface area (Å²) < 4.78 is 16.1. The summed E-state index contributed by atoms with van der Waals surface area (Å²) in [5.41, 5.74) is 1.04. The van der Waals surface area contributed by atoms with E-state index in [-0.39, 0.29) is 0 Å². The summed E-state index contributed by atoms with van der Waals surface area (Å²) in [7, 11) is 4.98. The second-order valence-electron chi connectivity index (χ2n) is 4.45. The number of benzene rings is 1. The third-order valence-electron chi connectivity index (χ3n) is 3.31. The van der Waals surface area contributed by atoms with E-state index in [0.717, 1.165) is 29.4 Å². The highest BCUT2D eigenvalue weighted by molar-refractivity contribution is 7.99. The van der Waals surface area contributed by atoms with Crippen molar-refractivity contribution in [1.29, 1.82) is 0 Å². The maximum atomic E-state index is 5.44. The van der Waals surface area contributed by atoms with Gasteiger partial charge in [0.05, 0.1) is 26.9 Å². The van der Waals surface area contributed by atoms with Crippen molar-refractivity contribution in [3.05, 3.63) is 17.7 Å². The molecule has 0 amide bonds. The molecule has 1 unspecified atom stereocenters. The van der Waals surface area contributed by atoms with Crippen molar-refractivity contribution in [3.8, 4) is 17.2 Å². The monoisotopic (exact) mass is 283 g/mol. The van der Waals surface area contributed by atoms with Gasteiger partial charge in [-0.2, -0.15) is 11.8 Å². The van der Waals surface area contributed by atoms with Crippen molar-refractivity contribution in [2.45, 2.75) is 19.0 Å². The summed E-state index contributed by atoms with van der Waals surface area (Å²) in [5.74, 6) is 4.77. The summed E-state index contributed by atoms with van der Waals surface area (Å²) in [6, 6.07) is 4.37. The molecule has 1 saturated heterocycles. The van der Waals surface area contributed by atoms with Gasteiger partial charge in [0.1, 0.15) is 17.2 Å². The molecule has 1 atom stereocenters. The second-order valence-corrected chi connectivity index (χ2v) is 5.60. The van der Waals surface area contributed by atoms with Crippen LogP contribution in [0.1, 0.15) is 12.0 Å². The molecule has 5 heteroatoms. The van der Waals surface area contributed by atoms with Crippen LogP contribution in [-0.2, 0) is 6.54 Å². The fourth-order valence-electron chi connectivity index (χ4n) is 2.19. The first kappa shape index (κ1) is 14.3. The van der Waals surface area contributed by atoms with Gasteiger partial charge >= 0.3 is 0 Å². The molecule has 1 aliphatic rings. The Labute approximate surface area is 118 Å². The molecule has 1 N–H and O–H groups in total. The highest BCUT2D eigenvalue weighted by atomic mass is 32.2. The highest BCUT2D eigenvalue weighted by Gasteiger charge is 2.18. The lowest BCUT2D eigenvalue weighted by Gasteiger charge is -2.17. The maximum Gasteiger partial charge on any atom is 0.130 e. The van der Waals surface area contributed by atoms with Gasteiger partial charge in [-0.15, -0.1) is 0 Å². The highest BCUT2D eigenvalue weighted by Crippen LogP contribution is 2.34. The van der Waals surface area contributed by atoms with Crippen LogP contribution in [0.5, 0.6) is 17.2 Å². The first-order chi connectivity index (χ1) is 9.28. The molecule has 2 rings (SSSR count). The Bertz CT molecular complexity index is 394. The summed E-state index contributed by atoms with van der Waals surface area (Å²) in [5, 5.41) is 3.56. The number of hydrogen-bond donors (Lipinski definition) is 1. The Morgan fingerprint density at radius 2 is 1.84 bits per heavy atom. The molecule has 0 aliphatic carbocycles. The molecule has 0 bridgehead atoms. The summed E-state index contributed by atoms with van der Waals surface area (Å²) in [4.78, 5) is 0. The van der Waals surface area contributed by atoms with Crippen molar-refractivity contribution in [3.63, 3.8) is 0 Å². The van der Waals surface area contributed by atoms with E-state index >= 15 is 0 Å². The van der Waals surface area contributed by atoms with Crippen LogP contribution >= 0.6 is 11.8 Å². The van der Waals surface area contributed by atoms with E-state index < -0.39 is 0 Å². The standard InChI is InChI=1S/C14H21NO3S/c1-16-11-6-13(17-2)12(14(7-11)18-3)8-15-10-4-5-19-9-10/h6-7,10,15H,4-5,8-9H2,1-3H3. The summed E-state index contributed by atoms with van der Waals surface area (Å²) in [6.45, 7) is 0.752. The molecule has 19 heavy (non-hydrogen) atoms. The zero-order valence-corrected chi connectivity index (χ0v) is 12.5. The Morgan fingerprint density at radius 1 is 1.16 bits per heavy atom. The lowest BCUT2D eigenvalue weighted by molar-refractivity contribution is 0.365. The van der Waals surface area contributed by atoms with Crippen LogP contribution in [-0.4, -0.2) is 38.9 Å². The predicted octanol–water partition coefficient (Wildman–Crippen LogP) is 2.31. The van der Waals surface area contributed by atoms with Crippen LogP contribution in [0, 0.1) is 0 Å². The van der Waals surface area contributed by atoms with Crippen molar-refractivity contribution in [1.82, 2.24) is 5.32 Å². The van der Waals surface area contributed by atoms with E-state index in [1.165, 1.54) is 17.9 Å². The lowest BCUT2D eigenvalue weighted by atomic mass is 10.1. The fraction of sp³-hybridized carbons (Fsp3) is 0.571. The Hall–Kier alpha value is -1.07. The van der Waals surface area contributed by atoms with Crippen LogP contribution in [0.25, 0.3) is 0 Å². The minimum Gasteiger partial charge on any atom is -0.496 e. The molecule has 0 spiro atoms. The van der Waals surface area contributed by atoms with Crippen LogP contribution in [0.2, 0.25) is 0 Å². The van der Waals surface area contributed by atoms with Crippen LogP contribution < -0.4 is 19.5 Å². The quantitative estimate of drug-likeness (QED) is 0.867. The number of thioether (sulfide) groups is 1. The van der Waals surface area contributed by atoms with Gasteiger partial charge in [0.15, 0.2) is 0 Å². The van der Waals surface area contributed by atoms with E-state index in [4.69, 9.17) is 14.2 Å². The Kier molecular flexibility index (Phi) is 5.22. The van der Waals surface area contributed by atoms with E-state index in [1.807, 2.05) is 23.9 Å². The maximum absolute atomic E-state index is 5.44. The first-order valence-corrected chi connectivity index (χ1v) is 7.54. The van der Waals surface area contributed by atoms with E-state index in [0.29, 0.717) is 6.04 Å². The van der Waals surface area contributed by atoms with Gasteiger partial charge in [0.2, 0.25) is 0 Å². The largest absolute Gasteiger partial charge is 0.496 e. The summed E-state index contributed by atoms with van der Waals surface area (Å²) in [6.07, 6.45) is 1.23. The van der Waals surface area contributed by atoms with Gasteiger partial charge in [0.25, 0.3) is 0 Å².